The van der Waals surface area contributed by atoms with E-state index < -0.39 is 18.0 Å². The second kappa shape index (κ2) is 9.01. The minimum Gasteiger partial charge on any atom is -0.482 e. The average Bonchev–Trinajstić information content (AvgIpc) is 3.16. The minimum absolute atomic E-state index is 0.309. The summed E-state index contributed by atoms with van der Waals surface area (Å²) in [5.74, 6) is -0.533. The molecule has 0 saturated heterocycles. The maximum atomic E-state index is 12.3. The lowest BCUT2D eigenvalue weighted by Gasteiger charge is -2.15. The molecule has 1 unspecified atom stereocenters. The number of benzene rings is 3. The third-order valence-corrected chi connectivity index (χ3v) is 5.03. The second-order valence-corrected chi connectivity index (χ2v) is 7.61. The number of carbonyl (C=O) groups is 2. The van der Waals surface area contributed by atoms with Crippen LogP contribution in [0.1, 0.15) is 6.92 Å². The van der Waals surface area contributed by atoms with Gasteiger partial charge in [-0.1, -0.05) is 18.2 Å². The lowest BCUT2D eigenvalue weighted by Crippen LogP contribution is -2.31. The van der Waals surface area contributed by atoms with E-state index in [0.717, 1.165) is 27.6 Å². The van der Waals surface area contributed by atoms with Crippen molar-refractivity contribution in [1.82, 2.24) is 0 Å². The molecule has 0 bridgehead atoms. The molecule has 7 heteroatoms. The van der Waals surface area contributed by atoms with Crippen LogP contribution in [0.2, 0.25) is 0 Å². The van der Waals surface area contributed by atoms with Crippen molar-refractivity contribution in [3.05, 3.63) is 66.7 Å². The summed E-state index contributed by atoms with van der Waals surface area (Å²) in [5.41, 5.74) is 3.17. The molecule has 0 aliphatic carbocycles. The molecule has 1 N–H and O–H groups in total. The van der Waals surface area contributed by atoms with Crippen molar-refractivity contribution >= 4 is 45.2 Å². The molecule has 1 amide bonds. The maximum absolute atomic E-state index is 12.3. The van der Waals surface area contributed by atoms with Crippen LogP contribution in [0.15, 0.2) is 71.1 Å². The number of furan rings is 1. The highest BCUT2D eigenvalue weighted by atomic mass is 16.6. The average molecular weight is 432 g/mol. The van der Waals surface area contributed by atoms with Crippen molar-refractivity contribution in [3.8, 4) is 5.75 Å². The van der Waals surface area contributed by atoms with Crippen LogP contribution in [0.4, 0.5) is 11.4 Å². The summed E-state index contributed by atoms with van der Waals surface area (Å²) in [6.07, 6.45) is -0.958. The number of rotatable bonds is 7. The van der Waals surface area contributed by atoms with Crippen LogP contribution in [0.25, 0.3) is 21.9 Å². The Bertz CT molecular complexity index is 1260. The van der Waals surface area contributed by atoms with Gasteiger partial charge in [-0.3, -0.25) is 4.79 Å². The van der Waals surface area contributed by atoms with Crippen LogP contribution >= 0.6 is 0 Å². The van der Waals surface area contributed by atoms with Gasteiger partial charge in [-0.15, -0.1) is 0 Å². The number of nitrogens with one attached hydrogen (secondary N) is 1. The third-order valence-electron chi connectivity index (χ3n) is 5.03. The maximum Gasteiger partial charge on any atom is 0.344 e. The van der Waals surface area contributed by atoms with Crippen LogP contribution in [-0.2, 0) is 14.3 Å². The van der Waals surface area contributed by atoms with E-state index in [0.29, 0.717) is 11.4 Å². The van der Waals surface area contributed by atoms with E-state index in [1.165, 1.54) is 6.92 Å². The van der Waals surface area contributed by atoms with Gasteiger partial charge in [0.1, 0.15) is 16.9 Å². The molecule has 4 aromatic rings. The molecule has 0 saturated carbocycles. The zero-order valence-electron chi connectivity index (χ0n) is 18.1. The lowest BCUT2D eigenvalue weighted by atomic mass is 10.1. The van der Waals surface area contributed by atoms with E-state index in [1.54, 1.807) is 24.3 Å². The topological polar surface area (TPSA) is 81.0 Å². The Labute approximate surface area is 185 Å². The summed E-state index contributed by atoms with van der Waals surface area (Å²) >= 11 is 0. The fourth-order valence-corrected chi connectivity index (χ4v) is 3.31. The van der Waals surface area contributed by atoms with Gasteiger partial charge < -0.3 is 24.1 Å². The third kappa shape index (κ3) is 4.67. The second-order valence-electron chi connectivity index (χ2n) is 7.61. The number of carbonyl (C=O) groups excluding carboxylic acids is 2. The van der Waals surface area contributed by atoms with Crippen molar-refractivity contribution < 1.29 is 23.5 Å². The monoisotopic (exact) mass is 432 g/mol. The Morgan fingerprint density at radius 1 is 0.969 bits per heavy atom. The van der Waals surface area contributed by atoms with Crippen LogP contribution in [0.5, 0.6) is 5.75 Å². The van der Waals surface area contributed by atoms with Crippen molar-refractivity contribution in [2.45, 2.75) is 13.0 Å². The molecule has 0 fully saturated rings. The van der Waals surface area contributed by atoms with E-state index in [9.17, 15) is 9.59 Å². The molecular formula is C25H24N2O5. The summed E-state index contributed by atoms with van der Waals surface area (Å²) in [6, 6.07) is 20.4. The van der Waals surface area contributed by atoms with Gasteiger partial charge in [-0.25, -0.2) is 4.79 Å². The molecule has 1 aromatic heterocycles. The zero-order valence-corrected chi connectivity index (χ0v) is 18.1. The van der Waals surface area contributed by atoms with Gasteiger partial charge in [0.05, 0.1) is 0 Å². The smallest absolute Gasteiger partial charge is 0.344 e. The summed E-state index contributed by atoms with van der Waals surface area (Å²) in [5, 5.41) is 4.61. The van der Waals surface area contributed by atoms with Crippen molar-refractivity contribution in [1.29, 1.82) is 0 Å². The predicted molar refractivity (Wildman–Crippen MR) is 124 cm³/mol. The van der Waals surface area contributed by atoms with Crippen molar-refractivity contribution in [2.24, 2.45) is 0 Å². The van der Waals surface area contributed by atoms with Gasteiger partial charge >= 0.3 is 5.97 Å². The molecular weight excluding hydrogens is 408 g/mol. The van der Waals surface area contributed by atoms with Crippen molar-refractivity contribution in [2.75, 3.05) is 30.9 Å². The highest BCUT2D eigenvalue weighted by Crippen LogP contribution is 2.31. The number of fused-ring (bicyclic) bond motifs is 3. The van der Waals surface area contributed by atoms with Gasteiger partial charge in [-0.2, -0.15) is 0 Å². The number of hydrogen-bond acceptors (Lipinski definition) is 6. The molecule has 0 radical (unpaired) electrons. The first-order valence-electron chi connectivity index (χ1n) is 10.2. The molecule has 0 spiro atoms. The van der Waals surface area contributed by atoms with E-state index in [4.69, 9.17) is 13.9 Å². The zero-order chi connectivity index (χ0) is 22.7. The minimum atomic E-state index is -0.958. The van der Waals surface area contributed by atoms with E-state index >= 15 is 0 Å². The van der Waals surface area contributed by atoms with Gasteiger partial charge in [0.2, 0.25) is 0 Å². The summed E-state index contributed by atoms with van der Waals surface area (Å²) in [4.78, 5) is 26.5. The van der Waals surface area contributed by atoms with Gasteiger partial charge in [0.15, 0.2) is 12.7 Å². The molecule has 3 aromatic carbocycles. The first kappa shape index (κ1) is 21.2. The largest absolute Gasteiger partial charge is 0.482 e. The quantitative estimate of drug-likeness (QED) is 0.430. The first-order valence-corrected chi connectivity index (χ1v) is 10.2. The molecule has 4 rings (SSSR count). The molecule has 0 aliphatic heterocycles. The number of ether oxygens (including phenoxy) is 2. The Morgan fingerprint density at radius 3 is 2.44 bits per heavy atom. The van der Waals surface area contributed by atoms with Crippen LogP contribution in [-0.4, -0.2) is 38.7 Å². The lowest BCUT2D eigenvalue weighted by molar-refractivity contribution is -0.155. The van der Waals surface area contributed by atoms with E-state index in [2.05, 4.69) is 5.32 Å². The Kier molecular flexibility index (Phi) is 5.98. The van der Waals surface area contributed by atoms with Crippen LogP contribution in [0, 0.1) is 0 Å². The Balaban J connectivity index is 1.32. The molecule has 0 aliphatic rings. The highest BCUT2D eigenvalue weighted by Gasteiger charge is 2.18. The molecule has 32 heavy (non-hydrogen) atoms. The highest BCUT2D eigenvalue weighted by molar-refractivity contribution is 6.05. The molecule has 1 heterocycles. The molecule has 7 nitrogen and oxygen atoms in total. The normalized spacial score (nSPS) is 11.8. The fraction of sp³-hybridized carbons (Fsp3) is 0.200. The van der Waals surface area contributed by atoms with Crippen LogP contribution in [0.3, 0.4) is 0 Å². The molecule has 1 atom stereocenters. The van der Waals surface area contributed by atoms with Gasteiger partial charge in [0, 0.05) is 36.2 Å². The van der Waals surface area contributed by atoms with Gasteiger partial charge in [0.25, 0.3) is 5.91 Å². The molecule has 164 valence electrons. The summed E-state index contributed by atoms with van der Waals surface area (Å²) < 4.78 is 16.6. The fourth-order valence-electron chi connectivity index (χ4n) is 3.31. The number of nitrogens with zero attached hydrogens (tertiary/aromatic N) is 1. The predicted octanol–water partition coefficient (Wildman–Crippen LogP) is 4.60. The first-order chi connectivity index (χ1) is 15.4. The van der Waals surface area contributed by atoms with E-state index in [1.807, 2.05) is 61.5 Å². The summed E-state index contributed by atoms with van der Waals surface area (Å²) in [6.45, 7) is 1.21. The van der Waals surface area contributed by atoms with Gasteiger partial charge in [-0.05, 0) is 55.5 Å². The number of amides is 1. The van der Waals surface area contributed by atoms with Crippen LogP contribution < -0.4 is 15.0 Å². The number of hydrogen-bond donors (Lipinski definition) is 1. The Hall–Kier alpha value is -4.00. The Morgan fingerprint density at radius 2 is 1.69 bits per heavy atom. The number of anilines is 2. The van der Waals surface area contributed by atoms with E-state index in [-0.39, 0.29) is 6.61 Å². The van der Waals surface area contributed by atoms with Crippen molar-refractivity contribution in [3.63, 3.8) is 0 Å². The summed E-state index contributed by atoms with van der Waals surface area (Å²) in [7, 11) is 3.87. The SMILES string of the molecule is CC(OC(=O)COc1ccc2oc3ccccc3c2c1)C(=O)Nc1ccc(N(C)C)cc1. The number of esters is 1. The number of para-hydroxylation sites is 1. The standard InChI is InChI=1S/C25H24N2O5/c1-16(25(29)26-17-8-10-18(11-9-17)27(2)3)31-24(28)15-30-19-12-13-23-21(14-19)20-6-4-5-7-22(20)32-23/h4-14,16H,15H2,1-3H3,(H,26,29).